The summed E-state index contributed by atoms with van der Waals surface area (Å²) in [4.78, 5) is 17.7. The molecule has 1 fully saturated rings. The second-order valence-electron chi connectivity index (χ2n) is 5.88. The Bertz CT molecular complexity index is 458. The summed E-state index contributed by atoms with van der Waals surface area (Å²) in [6.45, 7) is 7.78. The summed E-state index contributed by atoms with van der Waals surface area (Å²) in [5.41, 5.74) is -0.664. The zero-order valence-electron chi connectivity index (χ0n) is 11.7. The third kappa shape index (κ3) is 3.12. The molecule has 0 spiro atoms. The summed E-state index contributed by atoms with van der Waals surface area (Å²) in [5, 5.41) is 13.2. The zero-order chi connectivity index (χ0) is 14.0. The van der Waals surface area contributed by atoms with Crippen molar-refractivity contribution in [1.82, 2.24) is 15.0 Å². The van der Waals surface area contributed by atoms with Crippen LogP contribution in [-0.4, -0.2) is 39.2 Å². The largest absolute Gasteiger partial charge is 0.481 e. The van der Waals surface area contributed by atoms with Crippen LogP contribution in [-0.2, 0) is 11.3 Å². The Hall–Kier alpha value is -1.43. The van der Waals surface area contributed by atoms with Crippen LogP contribution >= 0.6 is 0 Å². The van der Waals surface area contributed by atoms with E-state index in [0.717, 1.165) is 19.4 Å². The summed E-state index contributed by atoms with van der Waals surface area (Å²) in [6.07, 6.45) is 1.61. The van der Waals surface area contributed by atoms with Gasteiger partial charge in [0.25, 0.3) is 0 Å². The highest BCUT2D eigenvalue weighted by molar-refractivity contribution is 5.74. The average molecular weight is 267 g/mol. The van der Waals surface area contributed by atoms with Crippen molar-refractivity contribution in [2.75, 3.05) is 13.1 Å². The molecule has 1 atom stereocenters. The maximum absolute atomic E-state index is 11.3. The standard InChI is InChI=1S/C13H21N3O3/c1-9(2)11-14-10(15-19-11)7-16-6-4-5-13(3,8-16)12(17)18/h9H,4-8H2,1-3H3,(H,17,18). The van der Waals surface area contributed by atoms with Gasteiger partial charge < -0.3 is 9.63 Å². The Morgan fingerprint density at radius 1 is 1.58 bits per heavy atom. The van der Waals surface area contributed by atoms with Gasteiger partial charge in [0.05, 0.1) is 12.0 Å². The molecule has 1 unspecified atom stereocenters. The molecule has 0 saturated carbocycles. The Labute approximate surface area is 112 Å². The van der Waals surface area contributed by atoms with Crippen molar-refractivity contribution >= 4 is 5.97 Å². The summed E-state index contributed by atoms with van der Waals surface area (Å²) in [5.74, 6) is 0.756. The van der Waals surface area contributed by atoms with Crippen molar-refractivity contribution in [2.24, 2.45) is 5.41 Å². The van der Waals surface area contributed by atoms with E-state index in [1.165, 1.54) is 0 Å². The molecular weight excluding hydrogens is 246 g/mol. The molecule has 0 bridgehead atoms. The van der Waals surface area contributed by atoms with Gasteiger partial charge in [-0.25, -0.2) is 0 Å². The minimum atomic E-state index is -0.729. The van der Waals surface area contributed by atoms with E-state index >= 15 is 0 Å². The third-order valence-electron chi connectivity index (χ3n) is 3.63. The predicted octanol–water partition coefficient (Wildman–Crippen LogP) is 1.88. The molecule has 1 aromatic heterocycles. The van der Waals surface area contributed by atoms with Crippen LogP contribution in [0.1, 0.15) is 51.2 Å². The smallest absolute Gasteiger partial charge is 0.310 e. The molecule has 2 rings (SSSR count). The van der Waals surface area contributed by atoms with Crippen LogP contribution in [0.15, 0.2) is 4.52 Å². The predicted molar refractivity (Wildman–Crippen MR) is 68.6 cm³/mol. The molecule has 1 saturated heterocycles. The second kappa shape index (κ2) is 5.28. The number of piperidine rings is 1. The van der Waals surface area contributed by atoms with Gasteiger partial charge in [0, 0.05) is 12.5 Å². The van der Waals surface area contributed by atoms with Crippen LogP contribution in [0.4, 0.5) is 0 Å². The molecule has 1 aromatic rings. The molecule has 0 amide bonds. The van der Waals surface area contributed by atoms with E-state index in [1.54, 1.807) is 6.92 Å². The summed E-state index contributed by atoms with van der Waals surface area (Å²) in [7, 11) is 0. The van der Waals surface area contributed by atoms with Crippen LogP contribution in [0.3, 0.4) is 0 Å². The molecule has 2 heterocycles. The van der Waals surface area contributed by atoms with Crippen LogP contribution < -0.4 is 0 Å². The zero-order valence-corrected chi connectivity index (χ0v) is 11.7. The SMILES string of the molecule is CC(C)c1nc(CN2CCCC(C)(C(=O)O)C2)no1. The van der Waals surface area contributed by atoms with E-state index < -0.39 is 11.4 Å². The second-order valence-corrected chi connectivity index (χ2v) is 5.88. The van der Waals surface area contributed by atoms with Crippen molar-refractivity contribution in [3.63, 3.8) is 0 Å². The monoisotopic (exact) mass is 267 g/mol. The van der Waals surface area contributed by atoms with E-state index in [9.17, 15) is 9.90 Å². The van der Waals surface area contributed by atoms with Crippen LogP contribution in [0.25, 0.3) is 0 Å². The lowest BCUT2D eigenvalue weighted by atomic mass is 9.82. The Balaban J connectivity index is 2.00. The van der Waals surface area contributed by atoms with Crippen molar-refractivity contribution < 1.29 is 14.4 Å². The molecule has 6 heteroatoms. The first-order valence-corrected chi connectivity index (χ1v) is 6.69. The molecule has 1 N–H and O–H groups in total. The highest BCUT2D eigenvalue weighted by Crippen LogP contribution is 2.30. The summed E-state index contributed by atoms with van der Waals surface area (Å²) < 4.78 is 5.16. The number of carboxylic acid groups (broad SMARTS) is 1. The normalized spacial score (nSPS) is 24.8. The van der Waals surface area contributed by atoms with Crippen LogP contribution in [0, 0.1) is 5.41 Å². The van der Waals surface area contributed by atoms with Gasteiger partial charge in [-0.1, -0.05) is 19.0 Å². The number of hydrogen-bond acceptors (Lipinski definition) is 5. The molecule has 19 heavy (non-hydrogen) atoms. The van der Waals surface area contributed by atoms with Gasteiger partial charge in [0.1, 0.15) is 0 Å². The van der Waals surface area contributed by atoms with Gasteiger partial charge in [-0.15, -0.1) is 0 Å². The van der Waals surface area contributed by atoms with Crippen molar-refractivity contribution in [1.29, 1.82) is 0 Å². The summed E-state index contributed by atoms with van der Waals surface area (Å²) in [6, 6.07) is 0. The molecule has 6 nitrogen and oxygen atoms in total. The fourth-order valence-corrected chi connectivity index (χ4v) is 2.42. The number of nitrogens with zero attached hydrogens (tertiary/aromatic N) is 3. The Morgan fingerprint density at radius 3 is 2.89 bits per heavy atom. The van der Waals surface area contributed by atoms with Gasteiger partial charge in [0.2, 0.25) is 5.89 Å². The van der Waals surface area contributed by atoms with E-state index in [1.807, 2.05) is 13.8 Å². The molecule has 106 valence electrons. The molecule has 0 aliphatic carbocycles. The topological polar surface area (TPSA) is 79.5 Å². The fraction of sp³-hybridized carbons (Fsp3) is 0.769. The molecule has 1 aliphatic heterocycles. The van der Waals surface area contributed by atoms with Gasteiger partial charge in [-0.2, -0.15) is 4.98 Å². The molecular formula is C13H21N3O3. The molecule has 1 aliphatic rings. The minimum Gasteiger partial charge on any atom is -0.481 e. The number of aromatic nitrogens is 2. The van der Waals surface area contributed by atoms with Crippen molar-refractivity contribution in [3.8, 4) is 0 Å². The Morgan fingerprint density at radius 2 is 2.32 bits per heavy atom. The quantitative estimate of drug-likeness (QED) is 0.897. The lowest BCUT2D eigenvalue weighted by Gasteiger charge is -2.36. The number of carbonyl (C=O) groups is 1. The fourth-order valence-electron chi connectivity index (χ4n) is 2.42. The lowest BCUT2D eigenvalue weighted by molar-refractivity contribution is -0.151. The van der Waals surface area contributed by atoms with E-state index in [0.29, 0.717) is 24.8 Å². The number of likely N-dealkylation sites (tertiary alicyclic amines) is 1. The first-order valence-electron chi connectivity index (χ1n) is 6.69. The highest BCUT2D eigenvalue weighted by Gasteiger charge is 2.38. The highest BCUT2D eigenvalue weighted by atomic mass is 16.5. The van der Waals surface area contributed by atoms with Gasteiger partial charge in [-0.3, -0.25) is 9.69 Å². The maximum atomic E-state index is 11.3. The summed E-state index contributed by atoms with van der Waals surface area (Å²) >= 11 is 0. The van der Waals surface area contributed by atoms with E-state index in [4.69, 9.17) is 4.52 Å². The van der Waals surface area contributed by atoms with Crippen molar-refractivity contribution in [3.05, 3.63) is 11.7 Å². The van der Waals surface area contributed by atoms with Crippen molar-refractivity contribution in [2.45, 2.75) is 46.1 Å². The Kier molecular flexibility index (Phi) is 3.89. The van der Waals surface area contributed by atoms with E-state index in [2.05, 4.69) is 15.0 Å². The van der Waals surface area contributed by atoms with Gasteiger partial charge in [0.15, 0.2) is 5.82 Å². The minimum absolute atomic E-state index is 0.215. The third-order valence-corrected chi connectivity index (χ3v) is 3.63. The van der Waals surface area contributed by atoms with Crippen LogP contribution in [0.5, 0.6) is 0 Å². The first kappa shape index (κ1) is 14.0. The average Bonchev–Trinajstić information content (AvgIpc) is 2.77. The van der Waals surface area contributed by atoms with Crippen LogP contribution in [0.2, 0.25) is 0 Å². The van der Waals surface area contributed by atoms with Gasteiger partial charge in [-0.05, 0) is 26.3 Å². The first-order chi connectivity index (χ1) is 8.90. The lowest BCUT2D eigenvalue weighted by Crippen LogP contribution is -2.45. The number of rotatable bonds is 4. The number of hydrogen-bond donors (Lipinski definition) is 1. The molecule has 0 radical (unpaired) electrons. The number of carboxylic acids is 1. The van der Waals surface area contributed by atoms with E-state index in [-0.39, 0.29) is 5.92 Å². The maximum Gasteiger partial charge on any atom is 0.310 e. The molecule has 0 aromatic carbocycles. The van der Waals surface area contributed by atoms with Gasteiger partial charge >= 0.3 is 5.97 Å². The number of aliphatic carboxylic acids is 1.